The van der Waals surface area contributed by atoms with Gasteiger partial charge < -0.3 is 14.2 Å². The second-order valence-corrected chi connectivity index (χ2v) is 5.25. The summed E-state index contributed by atoms with van der Waals surface area (Å²) in [5, 5.41) is 0. The van der Waals surface area contributed by atoms with E-state index in [9.17, 15) is 9.18 Å². The largest absolute Gasteiger partial charge is 0.486 e. The predicted octanol–water partition coefficient (Wildman–Crippen LogP) is 2.34. The fourth-order valence-corrected chi connectivity index (χ4v) is 2.65. The summed E-state index contributed by atoms with van der Waals surface area (Å²) in [6.07, 6.45) is 2.23. The molecule has 1 fully saturated rings. The van der Waals surface area contributed by atoms with E-state index in [1.54, 1.807) is 6.07 Å². The molecule has 2 atom stereocenters. The van der Waals surface area contributed by atoms with Gasteiger partial charge in [-0.2, -0.15) is 0 Å². The van der Waals surface area contributed by atoms with Gasteiger partial charge in [-0.15, -0.1) is 0 Å². The van der Waals surface area contributed by atoms with Crippen molar-refractivity contribution in [1.29, 1.82) is 0 Å². The normalized spacial score (nSPS) is 23.3. The highest BCUT2D eigenvalue weighted by atomic mass is 19.1. The van der Waals surface area contributed by atoms with E-state index in [1.165, 1.54) is 13.2 Å². The highest BCUT2D eigenvalue weighted by Crippen LogP contribution is 2.43. The van der Waals surface area contributed by atoms with Crippen LogP contribution in [0.1, 0.15) is 18.4 Å². The second-order valence-electron chi connectivity index (χ2n) is 5.25. The average Bonchev–Trinajstić information content (AvgIpc) is 3.24. The van der Waals surface area contributed by atoms with E-state index in [0.717, 1.165) is 12.8 Å². The summed E-state index contributed by atoms with van der Waals surface area (Å²) < 4.78 is 29.4. The molecule has 1 saturated carbocycles. The Bertz CT molecular complexity index is 529. The first-order valence-corrected chi connectivity index (χ1v) is 6.85. The first kappa shape index (κ1) is 13.2. The van der Waals surface area contributed by atoms with Crippen molar-refractivity contribution in [3.63, 3.8) is 0 Å². The number of aryl methyl sites for hydroxylation is 1. The third-order valence-electron chi connectivity index (χ3n) is 3.92. The number of benzene rings is 1. The van der Waals surface area contributed by atoms with E-state index in [0.29, 0.717) is 42.6 Å². The van der Waals surface area contributed by atoms with Gasteiger partial charge in [0, 0.05) is 6.07 Å². The quantitative estimate of drug-likeness (QED) is 0.794. The van der Waals surface area contributed by atoms with Crippen LogP contribution in [0.2, 0.25) is 0 Å². The SMILES string of the molecule is COC(=O)C1CC1CCc1cc2c(cc1F)OCCO2. The number of rotatable bonds is 4. The van der Waals surface area contributed by atoms with E-state index in [1.807, 2.05) is 0 Å². The van der Waals surface area contributed by atoms with Crippen molar-refractivity contribution in [2.75, 3.05) is 20.3 Å². The van der Waals surface area contributed by atoms with Crippen LogP contribution < -0.4 is 9.47 Å². The molecule has 0 N–H and O–H groups in total. The van der Waals surface area contributed by atoms with Gasteiger partial charge in [0.25, 0.3) is 0 Å². The van der Waals surface area contributed by atoms with Gasteiger partial charge in [-0.3, -0.25) is 4.79 Å². The zero-order valence-corrected chi connectivity index (χ0v) is 11.4. The number of halogens is 1. The molecule has 3 rings (SSSR count). The Morgan fingerprint density at radius 3 is 2.75 bits per heavy atom. The van der Waals surface area contributed by atoms with Crippen LogP contribution in [0.4, 0.5) is 4.39 Å². The van der Waals surface area contributed by atoms with Crippen LogP contribution >= 0.6 is 0 Å². The predicted molar refractivity (Wildman–Crippen MR) is 69.3 cm³/mol. The molecule has 0 bridgehead atoms. The van der Waals surface area contributed by atoms with Crippen LogP contribution in [-0.4, -0.2) is 26.3 Å². The van der Waals surface area contributed by atoms with E-state index in [-0.39, 0.29) is 17.7 Å². The molecular weight excluding hydrogens is 263 g/mol. The Morgan fingerprint density at radius 1 is 1.35 bits per heavy atom. The van der Waals surface area contributed by atoms with Crippen LogP contribution in [0.15, 0.2) is 12.1 Å². The number of hydrogen-bond donors (Lipinski definition) is 0. The van der Waals surface area contributed by atoms with Gasteiger partial charge in [-0.25, -0.2) is 4.39 Å². The molecule has 2 unspecified atom stereocenters. The molecule has 0 spiro atoms. The fourth-order valence-electron chi connectivity index (χ4n) is 2.65. The lowest BCUT2D eigenvalue weighted by Gasteiger charge is -2.19. The molecule has 4 nitrogen and oxygen atoms in total. The minimum atomic E-state index is -0.274. The lowest BCUT2D eigenvalue weighted by atomic mass is 10.0. The Kier molecular flexibility index (Phi) is 3.51. The Balaban J connectivity index is 1.62. The fraction of sp³-hybridized carbons (Fsp3) is 0.533. The van der Waals surface area contributed by atoms with Crippen LogP contribution in [0.5, 0.6) is 11.5 Å². The summed E-state index contributed by atoms with van der Waals surface area (Å²) in [4.78, 5) is 11.3. The molecule has 1 aliphatic carbocycles. The summed E-state index contributed by atoms with van der Waals surface area (Å²) in [5.41, 5.74) is 0.616. The van der Waals surface area contributed by atoms with Crippen molar-refractivity contribution in [2.45, 2.75) is 19.3 Å². The Hall–Kier alpha value is -1.78. The Labute approximate surface area is 116 Å². The van der Waals surface area contributed by atoms with Crippen LogP contribution in [-0.2, 0) is 16.0 Å². The topological polar surface area (TPSA) is 44.8 Å². The molecule has 0 aromatic heterocycles. The zero-order chi connectivity index (χ0) is 14.1. The molecule has 108 valence electrons. The zero-order valence-electron chi connectivity index (χ0n) is 11.4. The number of ether oxygens (including phenoxy) is 3. The number of hydrogen-bond acceptors (Lipinski definition) is 4. The molecule has 0 radical (unpaired) electrons. The van der Waals surface area contributed by atoms with Crippen LogP contribution in [0, 0.1) is 17.7 Å². The Morgan fingerprint density at radius 2 is 2.05 bits per heavy atom. The summed E-state index contributed by atoms with van der Waals surface area (Å²) in [5.74, 6) is 0.960. The molecule has 1 aliphatic heterocycles. The van der Waals surface area contributed by atoms with E-state index in [4.69, 9.17) is 14.2 Å². The van der Waals surface area contributed by atoms with Gasteiger partial charge in [0.2, 0.25) is 0 Å². The van der Waals surface area contributed by atoms with Crippen molar-refractivity contribution in [3.05, 3.63) is 23.5 Å². The number of carbonyl (C=O) groups excluding carboxylic acids is 1. The van der Waals surface area contributed by atoms with Gasteiger partial charge in [-0.1, -0.05) is 0 Å². The number of carbonyl (C=O) groups is 1. The molecular formula is C15H17FO4. The molecule has 1 aromatic rings. The number of fused-ring (bicyclic) bond motifs is 1. The molecule has 0 amide bonds. The molecule has 1 heterocycles. The number of esters is 1. The van der Waals surface area contributed by atoms with Crippen LogP contribution in [0.25, 0.3) is 0 Å². The third-order valence-corrected chi connectivity index (χ3v) is 3.92. The van der Waals surface area contributed by atoms with E-state index in [2.05, 4.69) is 0 Å². The second kappa shape index (κ2) is 5.31. The highest BCUT2D eigenvalue weighted by Gasteiger charge is 2.43. The van der Waals surface area contributed by atoms with Gasteiger partial charge in [0.05, 0.1) is 13.0 Å². The smallest absolute Gasteiger partial charge is 0.308 e. The molecule has 5 heteroatoms. The molecule has 20 heavy (non-hydrogen) atoms. The van der Waals surface area contributed by atoms with Crippen molar-refractivity contribution in [3.8, 4) is 11.5 Å². The van der Waals surface area contributed by atoms with Gasteiger partial charge >= 0.3 is 5.97 Å². The van der Waals surface area contributed by atoms with Gasteiger partial charge in [0.1, 0.15) is 19.0 Å². The van der Waals surface area contributed by atoms with Gasteiger partial charge in [-0.05, 0) is 36.8 Å². The standard InChI is InChI=1S/C15H17FO4/c1-18-15(17)11-6-9(11)2-3-10-7-13-14(8-12(10)16)20-5-4-19-13/h7-9,11H,2-6H2,1H3. The molecule has 0 saturated heterocycles. The molecule has 2 aliphatic rings. The maximum absolute atomic E-state index is 13.9. The van der Waals surface area contributed by atoms with Crippen LogP contribution in [0.3, 0.4) is 0 Å². The van der Waals surface area contributed by atoms with Crippen molar-refractivity contribution >= 4 is 5.97 Å². The summed E-state index contributed by atoms with van der Waals surface area (Å²) in [6.45, 7) is 0.944. The maximum Gasteiger partial charge on any atom is 0.308 e. The number of methoxy groups -OCH3 is 1. The van der Waals surface area contributed by atoms with E-state index >= 15 is 0 Å². The average molecular weight is 280 g/mol. The van der Waals surface area contributed by atoms with E-state index < -0.39 is 0 Å². The first-order valence-electron chi connectivity index (χ1n) is 6.85. The lowest BCUT2D eigenvalue weighted by molar-refractivity contribution is -0.142. The summed E-state index contributed by atoms with van der Waals surface area (Å²) in [7, 11) is 1.40. The molecule has 1 aromatic carbocycles. The summed E-state index contributed by atoms with van der Waals surface area (Å²) in [6, 6.07) is 3.09. The highest BCUT2D eigenvalue weighted by molar-refractivity contribution is 5.75. The van der Waals surface area contributed by atoms with Crippen molar-refractivity contribution in [2.24, 2.45) is 11.8 Å². The first-order chi connectivity index (χ1) is 9.69. The minimum Gasteiger partial charge on any atom is -0.486 e. The van der Waals surface area contributed by atoms with Crippen molar-refractivity contribution < 1.29 is 23.4 Å². The monoisotopic (exact) mass is 280 g/mol. The van der Waals surface area contributed by atoms with Crippen molar-refractivity contribution in [1.82, 2.24) is 0 Å². The summed E-state index contributed by atoms with van der Waals surface area (Å²) >= 11 is 0. The maximum atomic E-state index is 13.9. The lowest BCUT2D eigenvalue weighted by Crippen LogP contribution is -2.16. The third kappa shape index (κ3) is 2.57. The minimum absolute atomic E-state index is 0.000252. The van der Waals surface area contributed by atoms with Gasteiger partial charge in [0.15, 0.2) is 11.5 Å².